The lowest BCUT2D eigenvalue weighted by Crippen LogP contribution is -2.58. The Morgan fingerprint density at radius 3 is 2.44 bits per heavy atom. The van der Waals surface area contributed by atoms with Crippen molar-refractivity contribution in [1.29, 1.82) is 0 Å². The van der Waals surface area contributed by atoms with Crippen LogP contribution >= 0.6 is 11.3 Å². The second kappa shape index (κ2) is 18.9. The number of unbranched alkanes of at least 4 members (excludes halogenated alkanes) is 3. The quantitative estimate of drug-likeness (QED) is 0.0445. The summed E-state index contributed by atoms with van der Waals surface area (Å²) in [6, 6.07) is 5.30. The molecule has 8 rings (SSSR count). The molecule has 5 atom stereocenters. The van der Waals surface area contributed by atoms with Crippen LogP contribution in [0, 0.1) is 18.7 Å². The van der Waals surface area contributed by atoms with Gasteiger partial charge in [0.2, 0.25) is 21.8 Å². The molecule has 4 fully saturated rings. The van der Waals surface area contributed by atoms with Crippen molar-refractivity contribution >= 4 is 55.7 Å². The Hall–Kier alpha value is -5.36. The van der Waals surface area contributed by atoms with Gasteiger partial charge in [-0.25, -0.2) is 22.8 Å². The molecule has 2 aromatic heterocycles. The molecule has 4 aliphatic rings. The molecule has 68 heavy (non-hydrogen) atoms. The van der Waals surface area contributed by atoms with Gasteiger partial charge in [0.25, 0.3) is 5.91 Å². The maximum Gasteiger partial charge on any atom is 0.416 e. The van der Waals surface area contributed by atoms with Crippen LogP contribution in [0.2, 0.25) is 0 Å². The van der Waals surface area contributed by atoms with E-state index in [-0.39, 0.29) is 37.4 Å². The zero-order valence-electron chi connectivity index (χ0n) is 38.7. The van der Waals surface area contributed by atoms with E-state index in [0.29, 0.717) is 65.9 Å². The fourth-order valence-electron chi connectivity index (χ4n) is 9.11. The largest absolute Gasteiger partial charge is 0.488 e. The van der Waals surface area contributed by atoms with E-state index in [9.17, 15) is 35.6 Å². The molecule has 4 aromatic rings. The highest BCUT2D eigenvalue weighted by atomic mass is 32.2. The summed E-state index contributed by atoms with van der Waals surface area (Å²) in [6.07, 6.45) is 3.02. The number of aromatic nitrogens is 2. The molecule has 3 amide bonds. The Morgan fingerprint density at radius 1 is 1.06 bits per heavy atom. The summed E-state index contributed by atoms with van der Waals surface area (Å²) in [5, 5.41) is 9.06. The standard InChI is InChI=1S/C50H58F4N6O6S2/c1-7-9-10-11-12-13-38(55-34-21-32(50(52,53)54)20-33(51)22-34)46(62)60-26-35(23-41(60)44(61)58-49(25-31(49)8-2)47(63)59-68(64,65)48(6)18-19-48)66-42-24-39(45-57-40(27-67-45)28(3)4)56-43-29(5)36(30-14-15-30)16-17-37(42)43/h7-8,16-17,20-22,24,27-28,30-31,35,38,41,55H,1-2,9-15,18-19,23,25-26H2,3-6H3,(H,58,61)(H,59,63)/t31-,35-,38+,41+,49-/m1/s1. The molecule has 18 heteroatoms. The van der Waals surface area contributed by atoms with Crippen LogP contribution in [0.1, 0.15) is 126 Å². The van der Waals surface area contributed by atoms with Gasteiger partial charge >= 0.3 is 6.18 Å². The summed E-state index contributed by atoms with van der Waals surface area (Å²) < 4.78 is 90.8. The van der Waals surface area contributed by atoms with Crippen LogP contribution in [0.25, 0.3) is 21.6 Å². The Morgan fingerprint density at radius 2 is 1.81 bits per heavy atom. The van der Waals surface area contributed by atoms with Gasteiger partial charge in [0.15, 0.2) is 0 Å². The highest BCUT2D eigenvalue weighted by molar-refractivity contribution is 7.91. The number of likely N-dealkylation sites (tertiary alicyclic amines) is 1. The van der Waals surface area contributed by atoms with E-state index in [1.165, 1.54) is 34.8 Å². The normalized spacial score (nSPS) is 22.4. The van der Waals surface area contributed by atoms with E-state index in [0.717, 1.165) is 48.2 Å². The van der Waals surface area contributed by atoms with E-state index in [1.54, 1.807) is 12.1 Å². The van der Waals surface area contributed by atoms with Crippen LogP contribution in [-0.4, -0.2) is 76.0 Å². The Labute approximate surface area is 398 Å². The number of thiazole rings is 1. The molecule has 0 radical (unpaired) electrons. The maximum atomic E-state index is 15.1. The number of allylic oxidation sites excluding steroid dienone is 1. The second-order valence-corrected chi connectivity index (χ2v) is 22.5. The molecule has 3 saturated carbocycles. The van der Waals surface area contributed by atoms with Gasteiger partial charge in [0.05, 0.1) is 28.1 Å². The summed E-state index contributed by atoms with van der Waals surface area (Å²) in [7, 11) is -4.10. The highest BCUT2D eigenvalue weighted by Gasteiger charge is 2.63. The van der Waals surface area contributed by atoms with Crippen molar-refractivity contribution in [3.8, 4) is 16.5 Å². The van der Waals surface area contributed by atoms with Crippen molar-refractivity contribution in [3.63, 3.8) is 0 Å². The molecule has 364 valence electrons. The Kier molecular flexibility index (Phi) is 13.6. The first kappa shape index (κ1) is 49.1. The molecule has 3 N–H and O–H groups in total. The van der Waals surface area contributed by atoms with Gasteiger partial charge in [0.1, 0.15) is 46.0 Å². The predicted molar refractivity (Wildman–Crippen MR) is 254 cm³/mol. The monoisotopic (exact) mass is 978 g/mol. The van der Waals surface area contributed by atoms with Crippen molar-refractivity contribution in [2.24, 2.45) is 5.92 Å². The van der Waals surface area contributed by atoms with Gasteiger partial charge in [-0.1, -0.05) is 44.9 Å². The number of rotatable bonds is 20. The van der Waals surface area contributed by atoms with Crippen molar-refractivity contribution in [1.82, 2.24) is 24.9 Å². The third kappa shape index (κ3) is 10.2. The molecule has 0 bridgehead atoms. The van der Waals surface area contributed by atoms with Crippen molar-refractivity contribution in [3.05, 3.63) is 95.3 Å². The van der Waals surface area contributed by atoms with Crippen LogP contribution < -0.4 is 20.1 Å². The third-order valence-electron chi connectivity index (χ3n) is 13.9. The Balaban J connectivity index is 1.15. The number of fused-ring (bicyclic) bond motifs is 1. The average Bonchev–Trinajstić information content (AvgIpc) is 4.25. The van der Waals surface area contributed by atoms with Gasteiger partial charge in [-0.05, 0) is 112 Å². The molecule has 0 spiro atoms. The van der Waals surface area contributed by atoms with Crippen LogP contribution in [0.5, 0.6) is 5.75 Å². The number of sulfonamides is 1. The first-order valence-electron chi connectivity index (χ1n) is 23.3. The fraction of sp³-hybridized carbons (Fsp3) is 0.500. The number of anilines is 1. The zero-order valence-corrected chi connectivity index (χ0v) is 40.3. The first-order chi connectivity index (χ1) is 32.2. The molecule has 2 aromatic carbocycles. The number of hydrogen-bond acceptors (Lipinski definition) is 10. The molecule has 0 unspecified atom stereocenters. The lowest BCUT2D eigenvalue weighted by Gasteiger charge is -2.30. The number of alkyl halides is 3. The maximum absolute atomic E-state index is 15.1. The molecule has 3 heterocycles. The number of amides is 3. The predicted octanol–water partition coefficient (Wildman–Crippen LogP) is 9.85. The van der Waals surface area contributed by atoms with Gasteiger partial charge < -0.3 is 20.3 Å². The van der Waals surface area contributed by atoms with E-state index in [1.807, 2.05) is 18.4 Å². The fourth-order valence-corrected chi connectivity index (χ4v) is 11.4. The van der Waals surface area contributed by atoms with E-state index in [2.05, 4.69) is 48.4 Å². The van der Waals surface area contributed by atoms with Crippen molar-refractivity contribution in [2.75, 3.05) is 11.9 Å². The number of benzene rings is 2. The van der Waals surface area contributed by atoms with Crippen molar-refractivity contribution in [2.45, 2.75) is 145 Å². The van der Waals surface area contributed by atoms with E-state index < -0.39 is 79.7 Å². The van der Waals surface area contributed by atoms with Gasteiger partial charge in [-0.3, -0.25) is 19.1 Å². The minimum atomic E-state index is -4.87. The summed E-state index contributed by atoms with van der Waals surface area (Å²) in [5.74, 6) is -3.08. The lowest BCUT2D eigenvalue weighted by atomic mass is 10.00. The number of carbonyl (C=O) groups is 3. The summed E-state index contributed by atoms with van der Waals surface area (Å²) in [5.41, 5.74) is 1.23. The highest BCUT2D eigenvalue weighted by Crippen LogP contribution is 2.48. The number of pyridine rings is 1. The van der Waals surface area contributed by atoms with Gasteiger partial charge in [0, 0.05) is 34.9 Å². The smallest absolute Gasteiger partial charge is 0.416 e. The lowest BCUT2D eigenvalue weighted by molar-refractivity contribution is -0.140. The van der Waals surface area contributed by atoms with Gasteiger partial charge in [-0.2, -0.15) is 13.2 Å². The Bertz CT molecular complexity index is 2750. The SMILES string of the molecule is C=CCCCCC[C@H](Nc1cc(F)cc(C(F)(F)F)c1)C(=O)N1C[C@H](Oc2cc(-c3nc(C(C)C)cs3)nc3c(C)c(C4CC4)ccc23)C[C@H]1C(=O)N[C@]1(C(=O)NS(=O)(=O)C2(C)CC2)C[C@H]1C=C. The van der Waals surface area contributed by atoms with Crippen LogP contribution in [0.3, 0.4) is 0 Å². The number of hydrogen-bond donors (Lipinski definition) is 3. The number of ether oxygens (including phenoxy) is 1. The van der Waals surface area contributed by atoms with E-state index >= 15 is 4.79 Å². The average molecular weight is 979 g/mol. The second-order valence-electron chi connectivity index (χ2n) is 19.4. The van der Waals surface area contributed by atoms with Crippen LogP contribution in [-0.2, 0) is 30.6 Å². The summed E-state index contributed by atoms with van der Waals surface area (Å²) >= 11 is 1.46. The number of halogens is 4. The number of aryl methyl sites for hydroxylation is 1. The summed E-state index contributed by atoms with van der Waals surface area (Å²) in [4.78, 5) is 55.0. The van der Waals surface area contributed by atoms with Crippen LogP contribution in [0.4, 0.5) is 23.2 Å². The number of carbonyl (C=O) groups excluding carboxylic acids is 3. The number of nitrogens with one attached hydrogen (secondary N) is 3. The molecule has 12 nitrogen and oxygen atoms in total. The third-order valence-corrected chi connectivity index (χ3v) is 16.9. The number of nitrogens with zero attached hydrogens (tertiary/aromatic N) is 3. The minimum Gasteiger partial charge on any atom is -0.488 e. The molecule has 1 aliphatic heterocycles. The zero-order chi connectivity index (χ0) is 48.9. The molecular weight excluding hydrogens is 921 g/mol. The van der Waals surface area contributed by atoms with E-state index in [4.69, 9.17) is 14.7 Å². The van der Waals surface area contributed by atoms with Gasteiger partial charge in [-0.15, -0.1) is 24.5 Å². The minimum absolute atomic E-state index is 0.0557. The molecular formula is C50H58F4N6O6S2. The van der Waals surface area contributed by atoms with Crippen molar-refractivity contribution < 1.29 is 45.1 Å². The van der Waals surface area contributed by atoms with Crippen LogP contribution in [0.15, 0.2) is 67.1 Å². The first-order valence-corrected chi connectivity index (χ1v) is 25.7. The molecule has 3 aliphatic carbocycles. The molecule has 1 saturated heterocycles. The summed E-state index contributed by atoms with van der Waals surface area (Å²) in [6.45, 7) is 15.1. The topological polar surface area (TPSA) is 160 Å².